The van der Waals surface area contributed by atoms with Gasteiger partial charge in [0, 0.05) is 6.42 Å². The first-order valence-electron chi connectivity index (χ1n) is 9.24. The van der Waals surface area contributed by atoms with Crippen LogP contribution in [0.5, 0.6) is 17.2 Å². The van der Waals surface area contributed by atoms with Crippen molar-refractivity contribution in [2.24, 2.45) is 0 Å². The number of hydrogen-bond donors (Lipinski definition) is 2. The summed E-state index contributed by atoms with van der Waals surface area (Å²) >= 11 is 0. The van der Waals surface area contributed by atoms with Crippen LogP contribution in [0.25, 0.3) is 0 Å². The van der Waals surface area contributed by atoms with Crippen LogP contribution in [0.2, 0.25) is 0 Å². The molecular formula is C21H26N2O5. The van der Waals surface area contributed by atoms with Gasteiger partial charge in [0.25, 0.3) is 5.91 Å². The highest BCUT2D eigenvalue weighted by Gasteiger charge is 2.15. The van der Waals surface area contributed by atoms with Crippen molar-refractivity contribution >= 4 is 11.8 Å². The molecule has 0 saturated carbocycles. The van der Waals surface area contributed by atoms with Gasteiger partial charge in [0.15, 0.2) is 6.10 Å². The summed E-state index contributed by atoms with van der Waals surface area (Å²) in [5.41, 5.74) is 4.74. The second kappa shape index (κ2) is 11.5. The molecule has 7 nitrogen and oxygen atoms in total. The molecule has 0 spiro atoms. The standard InChI is InChI=1S/C21H26N2O5/c1-3-26-18-11-13-19(14-12-18)28-16(2)21(25)23-22-20(24)10-7-15-27-17-8-5-4-6-9-17/h4-6,8-9,11-14,16H,3,7,10,15H2,1-2H3,(H,22,24)(H,23,25). The SMILES string of the molecule is CCOc1ccc(OC(C)C(=O)NNC(=O)CCCOc2ccccc2)cc1. The van der Waals surface area contributed by atoms with Crippen molar-refractivity contribution in [3.63, 3.8) is 0 Å². The summed E-state index contributed by atoms with van der Waals surface area (Å²) in [5.74, 6) is 1.29. The van der Waals surface area contributed by atoms with Gasteiger partial charge in [-0.05, 0) is 56.7 Å². The zero-order valence-electron chi connectivity index (χ0n) is 16.1. The van der Waals surface area contributed by atoms with E-state index >= 15 is 0 Å². The van der Waals surface area contributed by atoms with Gasteiger partial charge in [-0.2, -0.15) is 0 Å². The molecule has 0 bridgehead atoms. The topological polar surface area (TPSA) is 85.9 Å². The Balaban J connectivity index is 1.62. The number of carbonyl (C=O) groups excluding carboxylic acids is 2. The first-order chi connectivity index (χ1) is 13.6. The highest BCUT2D eigenvalue weighted by Crippen LogP contribution is 2.18. The number of hydrazine groups is 1. The Hall–Kier alpha value is -3.22. The second-order valence-corrected chi connectivity index (χ2v) is 5.97. The fourth-order valence-electron chi connectivity index (χ4n) is 2.27. The van der Waals surface area contributed by atoms with Crippen LogP contribution in [0, 0.1) is 0 Å². The molecule has 2 rings (SSSR count). The van der Waals surface area contributed by atoms with Gasteiger partial charge in [-0.15, -0.1) is 0 Å². The normalized spacial score (nSPS) is 11.2. The largest absolute Gasteiger partial charge is 0.494 e. The minimum absolute atomic E-state index is 0.237. The Kier molecular flexibility index (Phi) is 8.65. The van der Waals surface area contributed by atoms with E-state index in [2.05, 4.69) is 10.9 Å². The highest BCUT2D eigenvalue weighted by atomic mass is 16.5. The number of nitrogens with one attached hydrogen (secondary N) is 2. The van der Waals surface area contributed by atoms with Gasteiger partial charge in [-0.1, -0.05) is 18.2 Å². The minimum Gasteiger partial charge on any atom is -0.494 e. The summed E-state index contributed by atoms with van der Waals surface area (Å²) in [6.45, 7) is 4.51. The van der Waals surface area contributed by atoms with E-state index in [4.69, 9.17) is 14.2 Å². The summed E-state index contributed by atoms with van der Waals surface area (Å²) in [4.78, 5) is 23.8. The molecule has 150 valence electrons. The lowest BCUT2D eigenvalue weighted by Gasteiger charge is -2.15. The fraction of sp³-hybridized carbons (Fsp3) is 0.333. The first-order valence-corrected chi connectivity index (χ1v) is 9.24. The van der Waals surface area contributed by atoms with Crippen LogP contribution in [0.15, 0.2) is 54.6 Å². The Morgan fingerprint density at radius 2 is 1.54 bits per heavy atom. The van der Waals surface area contributed by atoms with Crippen LogP contribution in [0.3, 0.4) is 0 Å². The van der Waals surface area contributed by atoms with Crippen LogP contribution >= 0.6 is 0 Å². The van der Waals surface area contributed by atoms with E-state index < -0.39 is 12.0 Å². The number of rotatable bonds is 10. The van der Waals surface area contributed by atoms with E-state index in [1.807, 2.05) is 37.3 Å². The van der Waals surface area contributed by atoms with E-state index in [0.29, 0.717) is 25.4 Å². The highest BCUT2D eigenvalue weighted by molar-refractivity contribution is 5.84. The Bertz CT molecular complexity index is 734. The lowest BCUT2D eigenvalue weighted by atomic mass is 10.3. The van der Waals surface area contributed by atoms with Crippen molar-refractivity contribution < 1.29 is 23.8 Å². The number of hydrogen-bond acceptors (Lipinski definition) is 5. The maximum atomic E-state index is 12.0. The third-order valence-corrected chi connectivity index (χ3v) is 3.70. The molecule has 28 heavy (non-hydrogen) atoms. The van der Waals surface area contributed by atoms with Crippen LogP contribution < -0.4 is 25.1 Å². The van der Waals surface area contributed by atoms with Crippen molar-refractivity contribution in [1.29, 1.82) is 0 Å². The van der Waals surface area contributed by atoms with E-state index in [-0.39, 0.29) is 12.3 Å². The van der Waals surface area contributed by atoms with Gasteiger partial charge in [-0.25, -0.2) is 0 Å². The number of para-hydroxylation sites is 1. The third kappa shape index (κ3) is 7.57. The molecule has 0 fully saturated rings. The molecule has 2 amide bonds. The van der Waals surface area contributed by atoms with Crippen LogP contribution in [-0.2, 0) is 9.59 Å². The average Bonchev–Trinajstić information content (AvgIpc) is 2.71. The zero-order valence-corrected chi connectivity index (χ0v) is 16.1. The predicted molar refractivity (Wildman–Crippen MR) is 105 cm³/mol. The van der Waals surface area contributed by atoms with Crippen molar-refractivity contribution in [2.75, 3.05) is 13.2 Å². The van der Waals surface area contributed by atoms with E-state index in [1.54, 1.807) is 31.2 Å². The van der Waals surface area contributed by atoms with Crippen LogP contribution in [0.4, 0.5) is 0 Å². The minimum atomic E-state index is -0.764. The zero-order chi connectivity index (χ0) is 20.2. The Morgan fingerprint density at radius 3 is 2.21 bits per heavy atom. The monoisotopic (exact) mass is 386 g/mol. The van der Waals surface area contributed by atoms with Crippen molar-refractivity contribution in [3.05, 3.63) is 54.6 Å². The number of amides is 2. The summed E-state index contributed by atoms with van der Waals surface area (Å²) in [7, 11) is 0. The first kappa shape index (κ1) is 21.1. The maximum absolute atomic E-state index is 12.0. The number of carbonyl (C=O) groups is 2. The number of ether oxygens (including phenoxy) is 3. The molecule has 2 aromatic carbocycles. The van der Waals surface area contributed by atoms with Crippen molar-refractivity contribution in [1.82, 2.24) is 10.9 Å². The van der Waals surface area contributed by atoms with Gasteiger partial charge < -0.3 is 14.2 Å². The molecule has 1 atom stereocenters. The van der Waals surface area contributed by atoms with Gasteiger partial charge in [0.05, 0.1) is 13.2 Å². The van der Waals surface area contributed by atoms with Gasteiger partial charge in [0.1, 0.15) is 17.2 Å². The van der Waals surface area contributed by atoms with Gasteiger partial charge in [-0.3, -0.25) is 20.4 Å². The summed E-state index contributed by atoms with van der Waals surface area (Å²) in [5, 5.41) is 0. The molecule has 0 aliphatic rings. The Labute approximate surface area is 165 Å². The quantitative estimate of drug-likeness (QED) is 0.484. The van der Waals surface area contributed by atoms with Crippen molar-refractivity contribution in [3.8, 4) is 17.2 Å². The Morgan fingerprint density at radius 1 is 0.893 bits per heavy atom. The molecule has 0 aromatic heterocycles. The third-order valence-electron chi connectivity index (χ3n) is 3.70. The van der Waals surface area contributed by atoms with E-state index in [0.717, 1.165) is 11.5 Å². The lowest BCUT2D eigenvalue weighted by molar-refractivity contribution is -0.132. The number of benzene rings is 2. The summed E-state index contributed by atoms with van der Waals surface area (Å²) in [6.07, 6.45) is 0.00968. The molecule has 0 aliphatic heterocycles. The van der Waals surface area contributed by atoms with Gasteiger partial charge >= 0.3 is 0 Å². The van der Waals surface area contributed by atoms with Gasteiger partial charge in [0.2, 0.25) is 5.91 Å². The lowest BCUT2D eigenvalue weighted by Crippen LogP contribution is -2.47. The van der Waals surface area contributed by atoms with Crippen molar-refractivity contribution in [2.45, 2.75) is 32.8 Å². The molecule has 1 unspecified atom stereocenters. The van der Waals surface area contributed by atoms with Crippen LogP contribution in [0.1, 0.15) is 26.7 Å². The summed E-state index contributed by atoms with van der Waals surface area (Å²) in [6, 6.07) is 16.4. The molecule has 0 saturated heterocycles. The average molecular weight is 386 g/mol. The fourth-order valence-corrected chi connectivity index (χ4v) is 2.27. The molecule has 0 aliphatic carbocycles. The molecule has 0 radical (unpaired) electrons. The molecular weight excluding hydrogens is 360 g/mol. The maximum Gasteiger partial charge on any atom is 0.279 e. The second-order valence-electron chi connectivity index (χ2n) is 5.97. The predicted octanol–water partition coefficient (Wildman–Crippen LogP) is 2.86. The van der Waals surface area contributed by atoms with Crippen LogP contribution in [-0.4, -0.2) is 31.1 Å². The summed E-state index contributed by atoms with van der Waals surface area (Å²) < 4.78 is 16.4. The smallest absolute Gasteiger partial charge is 0.279 e. The molecule has 2 N–H and O–H groups in total. The molecule has 0 heterocycles. The van der Waals surface area contributed by atoms with E-state index in [1.165, 1.54) is 0 Å². The van der Waals surface area contributed by atoms with E-state index in [9.17, 15) is 9.59 Å². The molecule has 7 heteroatoms. The molecule has 2 aromatic rings.